The molecule has 0 saturated heterocycles. The van der Waals surface area contributed by atoms with E-state index >= 15 is 0 Å². The third-order valence-electron chi connectivity index (χ3n) is 3.49. The minimum Gasteiger partial charge on any atom is -0.383 e. The molecule has 1 aromatic heterocycles. The van der Waals surface area contributed by atoms with E-state index in [1.54, 1.807) is 13.4 Å². The van der Waals surface area contributed by atoms with E-state index in [4.69, 9.17) is 10.6 Å². The molecule has 0 spiro atoms. The standard InChI is InChI=1S/C14H27N5O/c1-5-7-12-13(18-15)16-10-17-14(12)19(8-9-20-4)11(3)6-2/h10-11H,5-9,15H2,1-4H3,(H,16,17,18). The minimum absolute atomic E-state index is 0.390. The Morgan fingerprint density at radius 1 is 1.40 bits per heavy atom. The molecule has 0 saturated carbocycles. The van der Waals surface area contributed by atoms with Crippen LogP contribution in [0.1, 0.15) is 39.2 Å². The molecule has 1 aromatic rings. The number of hydrogen-bond acceptors (Lipinski definition) is 6. The van der Waals surface area contributed by atoms with Gasteiger partial charge in [-0.1, -0.05) is 20.3 Å². The Labute approximate surface area is 121 Å². The van der Waals surface area contributed by atoms with Crippen molar-refractivity contribution in [3.05, 3.63) is 11.9 Å². The summed E-state index contributed by atoms with van der Waals surface area (Å²) in [5.74, 6) is 7.25. The van der Waals surface area contributed by atoms with Crippen molar-refractivity contribution < 1.29 is 4.74 Å². The van der Waals surface area contributed by atoms with E-state index in [0.717, 1.165) is 37.2 Å². The van der Waals surface area contributed by atoms with Crippen LogP contribution < -0.4 is 16.2 Å². The van der Waals surface area contributed by atoms with Crippen LogP contribution in [0.4, 0.5) is 11.6 Å². The van der Waals surface area contributed by atoms with E-state index in [1.807, 2.05) is 0 Å². The van der Waals surface area contributed by atoms with Gasteiger partial charge in [-0.25, -0.2) is 15.8 Å². The Hall–Kier alpha value is -1.40. The summed E-state index contributed by atoms with van der Waals surface area (Å²) in [7, 11) is 1.72. The van der Waals surface area contributed by atoms with Gasteiger partial charge in [-0.15, -0.1) is 0 Å². The van der Waals surface area contributed by atoms with E-state index in [0.29, 0.717) is 18.5 Å². The number of nitrogens with one attached hydrogen (secondary N) is 1. The van der Waals surface area contributed by atoms with Gasteiger partial charge in [-0.3, -0.25) is 0 Å². The van der Waals surface area contributed by atoms with E-state index in [9.17, 15) is 0 Å². The number of nitrogens with two attached hydrogens (primary N) is 1. The first kappa shape index (κ1) is 16.7. The Morgan fingerprint density at radius 2 is 2.15 bits per heavy atom. The highest BCUT2D eigenvalue weighted by Gasteiger charge is 2.20. The van der Waals surface area contributed by atoms with Crippen molar-refractivity contribution in [1.29, 1.82) is 0 Å². The number of ether oxygens (including phenoxy) is 1. The van der Waals surface area contributed by atoms with Crippen LogP contribution in [0, 0.1) is 0 Å². The monoisotopic (exact) mass is 281 g/mol. The van der Waals surface area contributed by atoms with Gasteiger partial charge < -0.3 is 15.1 Å². The lowest BCUT2D eigenvalue weighted by Gasteiger charge is -2.31. The van der Waals surface area contributed by atoms with Crippen molar-refractivity contribution in [2.24, 2.45) is 5.84 Å². The maximum Gasteiger partial charge on any atom is 0.148 e. The number of hydrogen-bond donors (Lipinski definition) is 2. The highest BCUT2D eigenvalue weighted by atomic mass is 16.5. The minimum atomic E-state index is 0.390. The van der Waals surface area contributed by atoms with E-state index in [2.05, 4.69) is 41.1 Å². The Balaban J connectivity index is 3.16. The molecular formula is C14H27N5O. The maximum atomic E-state index is 5.58. The van der Waals surface area contributed by atoms with Gasteiger partial charge in [0.25, 0.3) is 0 Å². The average molecular weight is 281 g/mol. The summed E-state index contributed by atoms with van der Waals surface area (Å²) in [5, 5.41) is 0. The summed E-state index contributed by atoms with van der Waals surface area (Å²) in [4.78, 5) is 11.0. The fourth-order valence-corrected chi connectivity index (χ4v) is 2.20. The van der Waals surface area contributed by atoms with Crippen LogP contribution in [0.25, 0.3) is 0 Å². The number of nitrogen functional groups attached to an aromatic ring is 1. The maximum absolute atomic E-state index is 5.58. The van der Waals surface area contributed by atoms with Crippen molar-refractivity contribution in [2.75, 3.05) is 30.6 Å². The van der Waals surface area contributed by atoms with Crippen LogP contribution >= 0.6 is 0 Å². The molecule has 1 atom stereocenters. The Bertz CT molecular complexity index is 399. The van der Waals surface area contributed by atoms with Gasteiger partial charge in [0.05, 0.1) is 6.61 Å². The normalized spacial score (nSPS) is 12.2. The van der Waals surface area contributed by atoms with Crippen LogP contribution in [0.2, 0.25) is 0 Å². The van der Waals surface area contributed by atoms with Crippen molar-refractivity contribution in [2.45, 2.75) is 46.1 Å². The summed E-state index contributed by atoms with van der Waals surface area (Å²) in [6.07, 6.45) is 4.53. The highest BCUT2D eigenvalue weighted by molar-refractivity contribution is 5.58. The second-order valence-electron chi connectivity index (χ2n) is 4.86. The van der Waals surface area contributed by atoms with Crippen molar-refractivity contribution in [1.82, 2.24) is 9.97 Å². The lowest BCUT2D eigenvalue weighted by atomic mass is 10.1. The molecule has 0 fully saturated rings. The summed E-state index contributed by atoms with van der Waals surface area (Å²) < 4.78 is 5.22. The number of anilines is 2. The summed E-state index contributed by atoms with van der Waals surface area (Å²) in [6.45, 7) is 7.99. The molecule has 0 aliphatic carbocycles. The molecule has 1 heterocycles. The van der Waals surface area contributed by atoms with E-state index in [1.165, 1.54) is 0 Å². The highest BCUT2D eigenvalue weighted by Crippen LogP contribution is 2.26. The third kappa shape index (κ3) is 4.05. The summed E-state index contributed by atoms with van der Waals surface area (Å²) in [6, 6.07) is 0.390. The largest absolute Gasteiger partial charge is 0.383 e. The van der Waals surface area contributed by atoms with Crippen molar-refractivity contribution in [3.8, 4) is 0 Å². The van der Waals surface area contributed by atoms with Crippen molar-refractivity contribution >= 4 is 11.6 Å². The lowest BCUT2D eigenvalue weighted by molar-refractivity contribution is 0.203. The zero-order valence-electron chi connectivity index (χ0n) is 13.0. The van der Waals surface area contributed by atoms with Crippen molar-refractivity contribution in [3.63, 3.8) is 0 Å². The van der Waals surface area contributed by atoms with Crippen LogP contribution in [0.3, 0.4) is 0 Å². The molecule has 0 aliphatic rings. The second kappa shape index (κ2) is 8.71. The zero-order chi connectivity index (χ0) is 15.0. The van der Waals surface area contributed by atoms with Crippen LogP contribution in [0.5, 0.6) is 0 Å². The molecule has 3 N–H and O–H groups in total. The molecule has 6 heteroatoms. The number of nitrogens with zero attached hydrogens (tertiary/aromatic N) is 3. The van der Waals surface area contributed by atoms with Gasteiger partial charge in [0.15, 0.2) is 0 Å². The van der Waals surface area contributed by atoms with Crippen LogP contribution in [-0.2, 0) is 11.2 Å². The first-order chi connectivity index (χ1) is 9.69. The molecule has 0 radical (unpaired) electrons. The Kier molecular flexibility index (Phi) is 7.25. The predicted octanol–water partition coefficient (Wildman–Crippen LogP) is 1.97. The zero-order valence-corrected chi connectivity index (χ0v) is 13.0. The smallest absolute Gasteiger partial charge is 0.148 e. The van der Waals surface area contributed by atoms with Gasteiger partial charge in [-0.2, -0.15) is 0 Å². The molecule has 6 nitrogen and oxygen atoms in total. The molecular weight excluding hydrogens is 254 g/mol. The van der Waals surface area contributed by atoms with Crippen LogP contribution in [0.15, 0.2) is 6.33 Å². The first-order valence-corrected chi connectivity index (χ1v) is 7.25. The quantitative estimate of drug-likeness (QED) is 0.532. The molecule has 20 heavy (non-hydrogen) atoms. The molecule has 0 aliphatic heterocycles. The Morgan fingerprint density at radius 3 is 2.70 bits per heavy atom. The summed E-state index contributed by atoms with van der Waals surface area (Å²) in [5.41, 5.74) is 3.76. The molecule has 114 valence electrons. The van der Waals surface area contributed by atoms with Gasteiger partial charge in [0, 0.05) is 25.3 Å². The summed E-state index contributed by atoms with van der Waals surface area (Å²) >= 11 is 0. The number of hydrazine groups is 1. The first-order valence-electron chi connectivity index (χ1n) is 7.25. The molecule has 1 rings (SSSR count). The number of rotatable bonds is 9. The molecule has 0 amide bonds. The number of methoxy groups -OCH3 is 1. The lowest BCUT2D eigenvalue weighted by Crippen LogP contribution is -2.37. The van der Waals surface area contributed by atoms with Gasteiger partial charge in [-0.05, 0) is 19.8 Å². The van der Waals surface area contributed by atoms with Gasteiger partial charge in [0.2, 0.25) is 0 Å². The van der Waals surface area contributed by atoms with Gasteiger partial charge in [0.1, 0.15) is 18.0 Å². The van der Waals surface area contributed by atoms with E-state index < -0.39 is 0 Å². The predicted molar refractivity (Wildman–Crippen MR) is 82.8 cm³/mol. The molecule has 0 bridgehead atoms. The SMILES string of the molecule is CCCc1c(NN)ncnc1N(CCOC)C(C)CC. The fourth-order valence-electron chi connectivity index (χ4n) is 2.20. The van der Waals surface area contributed by atoms with Gasteiger partial charge >= 0.3 is 0 Å². The molecule has 1 unspecified atom stereocenters. The fraction of sp³-hybridized carbons (Fsp3) is 0.714. The third-order valence-corrected chi connectivity index (χ3v) is 3.49. The topological polar surface area (TPSA) is 76.3 Å². The van der Waals surface area contributed by atoms with Crippen LogP contribution in [-0.4, -0.2) is 36.3 Å². The number of aromatic nitrogens is 2. The molecule has 0 aromatic carbocycles. The average Bonchev–Trinajstić information content (AvgIpc) is 2.48. The second-order valence-corrected chi connectivity index (χ2v) is 4.86. The van der Waals surface area contributed by atoms with E-state index in [-0.39, 0.29) is 0 Å².